The van der Waals surface area contributed by atoms with Crippen LogP contribution < -0.4 is 5.32 Å². The largest absolute Gasteiger partial charge is 0.347 e. The van der Waals surface area contributed by atoms with E-state index in [4.69, 9.17) is 23.8 Å². The summed E-state index contributed by atoms with van der Waals surface area (Å²) in [5.74, 6) is 0. The molecule has 1 atom stereocenters. The molecule has 1 N–H and O–H groups in total. The van der Waals surface area contributed by atoms with E-state index in [2.05, 4.69) is 50.6 Å². The predicted octanol–water partition coefficient (Wildman–Crippen LogP) is 5.01. The van der Waals surface area contributed by atoms with Crippen molar-refractivity contribution in [3.63, 3.8) is 0 Å². The van der Waals surface area contributed by atoms with Gasteiger partial charge in [-0.3, -0.25) is 0 Å². The van der Waals surface area contributed by atoms with E-state index < -0.39 is 0 Å². The molecule has 3 nitrogen and oxygen atoms in total. The lowest BCUT2D eigenvalue weighted by Crippen LogP contribution is -2.44. The summed E-state index contributed by atoms with van der Waals surface area (Å²) >= 11 is 13.7. The van der Waals surface area contributed by atoms with Crippen molar-refractivity contribution in [2.45, 2.75) is 12.6 Å². The van der Waals surface area contributed by atoms with Crippen molar-refractivity contribution in [1.29, 1.82) is 0 Å². The second kappa shape index (κ2) is 6.59. The molecular formula is C18H16ClN3S2. The van der Waals surface area contributed by atoms with Crippen molar-refractivity contribution >= 4 is 46.0 Å². The average Bonchev–Trinajstić information content (AvgIpc) is 3.27. The van der Waals surface area contributed by atoms with Gasteiger partial charge in [-0.2, -0.15) is 0 Å². The Morgan fingerprint density at radius 3 is 2.79 bits per heavy atom. The molecule has 0 spiro atoms. The minimum Gasteiger partial charge on any atom is -0.347 e. The lowest BCUT2D eigenvalue weighted by molar-refractivity contribution is 0.297. The van der Waals surface area contributed by atoms with Gasteiger partial charge in [0.1, 0.15) is 6.04 Å². The highest BCUT2D eigenvalue weighted by atomic mass is 35.5. The summed E-state index contributed by atoms with van der Waals surface area (Å²) in [5, 5.41) is 6.80. The number of hydrogen-bond acceptors (Lipinski definition) is 2. The lowest BCUT2D eigenvalue weighted by atomic mass is 10.1. The van der Waals surface area contributed by atoms with E-state index in [0.717, 1.165) is 18.8 Å². The zero-order chi connectivity index (χ0) is 16.5. The molecule has 0 saturated heterocycles. The van der Waals surface area contributed by atoms with Crippen LogP contribution in [0.1, 0.15) is 16.6 Å². The molecule has 2 aromatic heterocycles. The number of thiocarbonyl (C=S) groups is 1. The monoisotopic (exact) mass is 373 g/mol. The van der Waals surface area contributed by atoms with Gasteiger partial charge < -0.3 is 14.8 Å². The number of hydrogen-bond donors (Lipinski definition) is 1. The maximum atomic E-state index is 6.26. The van der Waals surface area contributed by atoms with Crippen molar-refractivity contribution in [2.24, 2.45) is 0 Å². The van der Waals surface area contributed by atoms with Gasteiger partial charge in [-0.15, -0.1) is 11.3 Å². The first kappa shape index (κ1) is 15.7. The molecular weight excluding hydrogens is 358 g/mol. The third kappa shape index (κ3) is 2.83. The number of rotatable bonds is 2. The number of aromatic nitrogens is 1. The zero-order valence-electron chi connectivity index (χ0n) is 12.9. The summed E-state index contributed by atoms with van der Waals surface area (Å²) in [4.78, 5) is 3.54. The number of halogens is 1. The fourth-order valence-electron chi connectivity index (χ4n) is 3.10. The van der Waals surface area contributed by atoms with Crippen LogP contribution in [0.4, 0.5) is 5.69 Å². The van der Waals surface area contributed by atoms with Crippen LogP contribution >= 0.6 is 35.2 Å². The molecule has 0 aliphatic carbocycles. The van der Waals surface area contributed by atoms with Crippen molar-refractivity contribution in [1.82, 2.24) is 9.47 Å². The van der Waals surface area contributed by atoms with Crippen LogP contribution in [0, 0.1) is 0 Å². The topological polar surface area (TPSA) is 20.2 Å². The van der Waals surface area contributed by atoms with Crippen molar-refractivity contribution in [3.05, 3.63) is 75.7 Å². The number of anilines is 1. The normalized spacial score (nSPS) is 16.7. The van der Waals surface area contributed by atoms with Crippen LogP contribution in [0.2, 0.25) is 5.02 Å². The van der Waals surface area contributed by atoms with Crippen molar-refractivity contribution in [2.75, 3.05) is 11.9 Å². The van der Waals surface area contributed by atoms with Gasteiger partial charge in [0.05, 0.1) is 10.7 Å². The van der Waals surface area contributed by atoms with Crippen molar-refractivity contribution < 1.29 is 0 Å². The summed E-state index contributed by atoms with van der Waals surface area (Å²) < 4.78 is 2.30. The smallest absolute Gasteiger partial charge is 0.174 e. The van der Waals surface area contributed by atoms with Crippen LogP contribution in [-0.4, -0.2) is 21.1 Å². The van der Waals surface area contributed by atoms with E-state index in [0.29, 0.717) is 10.1 Å². The van der Waals surface area contributed by atoms with Crippen LogP contribution in [-0.2, 0) is 6.54 Å². The predicted molar refractivity (Wildman–Crippen MR) is 105 cm³/mol. The molecule has 24 heavy (non-hydrogen) atoms. The Morgan fingerprint density at radius 2 is 2.00 bits per heavy atom. The van der Waals surface area contributed by atoms with Gasteiger partial charge in [0.15, 0.2) is 5.11 Å². The molecule has 4 rings (SSSR count). The molecule has 122 valence electrons. The fraction of sp³-hybridized carbons (Fsp3) is 0.167. The summed E-state index contributed by atoms with van der Waals surface area (Å²) in [7, 11) is 0. The molecule has 3 aromatic rings. The highest BCUT2D eigenvalue weighted by Gasteiger charge is 2.31. The van der Waals surface area contributed by atoms with Gasteiger partial charge in [-0.1, -0.05) is 29.8 Å². The van der Waals surface area contributed by atoms with Gasteiger partial charge in [-0.05, 0) is 47.9 Å². The van der Waals surface area contributed by atoms with Gasteiger partial charge >= 0.3 is 0 Å². The Labute approximate surface area is 155 Å². The molecule has 6 heteroatoms. The summed E-state index contributed by atoms with van der Waals surface area (Å²) in [6.45, 7) is 1.79. The molecule has 1 aliphatic rings. The molecule has 0 radical (unpaired) electrons. The Morgan fingerprint density at radius 1 is 1.12 bits per heavy atom. The maximum Gasteiger partial charge on any atom is 0.174 e. The van der Waals surface area contributed by atoms with E-state index in [1.165, 1.54) is 10.6 Å². The Balaban J connectivity index is 1.66. The zero-order valence-corrected chi connectivity index (χ0v) is 15.2. The van der Waals surface area contributed by atoms with E-state index in [1.807, 2.05) is 24.3 Å². The quantitative estimate of drug-likeness (QED) is 0.638. The third-order valence-corrected chi connectivity index (χ3v) is 5.82. The number of para-hydroxylation sites is 1. The minimum atomic E-state index is 0.135. The Kier molecular flexibility index (Phi) is 4.31. The first-order valence-corrected chi connectivity index (χ1v) is 9.41. The Bertz CT molecular complexity index is 857. The first-order valence-electron chi connectivity index (χ1n) is 7.74. The molecule has 0 bridgehead atoms. The molecule has 1 aliphatic heterocycles. The second-order valence-corrected chi connectivity index (χ2v) is 7.42. The molecule has 1 aromatic carbocycles. The Hall–Kier alpha value is -1.82. The van der Waals surface area contributed by atoms with Gasteiger partial charge in [0.25, 0.3) is 0 Å². The second-order valence-electron chi connectivity index (χ2n) is 5.65. The molecule has 0 fully saturated rings. The lowest BCUT2D eigenvalue weighted by Gasteiger charge is -2.38. The van der Waals surface area contributed by atoms with Crippen LogP contribution in [0.25, 0.3) is 0 Å². The van der Waals surface area contributed by atoms with E-state index in [1.54, 1.807) is 11.3 Å². The average molecular weight is 374 g/mol. The van der Waals surface area contributed by atoms with Crippen LogP contribution in [0.15, 0.2) is 60.1 Å². The third-order valence-electron chi connectivity index (χ3n) is 4.23. The highest BCUT2D eigenvalue weighted by Crippen LogP contribution is 2.35. The summed E-state index contributed by atoms with van der Waals surface area (Å²) in [5.41, 5.74) is 2.11. The van der Waals surface area contributed by atoms with Crippen molar-refractivity contribution in [3.8, 4) is 0 Å². The summed E-state index contributed by atoms with van der Waals surface area (Å²) in [6, 6.07) is 16.3. The standard InChI is InChI=1S/C18H16ClN3S2/c19-13-5-1-2-6-14(13)20-18(23)22-11-10-21-9-3-7-15(21)17(22)16-8-4-12-24-16/h1-9,12,17H,10-11H2,(H,20,23). The number of nitrogens with one attached hydrogen (secondary N) is 1. The number of thiophene rings is 1. The van der Waals surface area contributed by atoms with Crippen LogP contribution in [0.5, 0.6) is 0 Å². The SMILES string of the molecule is S=C(Nc1ccccc1Cl)N1CCn2cccc2C1c1cccs1. The first-order chi connectivity index (χ1) is 11.7. The van der Waals surface area contributed by atoms with Gasteiger partial charge in [0, 0.05) is 29.9 Å². The van der Waals surface area contributed by atoms with E-state index in [-0.39, 0.29) is 6.04 Å². The molecule has 0 amide bonds. The molecule has 1 unspecified atom stereocenters. The molecule has 3 heterocycles. The maximum absolute atomic E-state index is 6.26. The van der Waals surface area contributed by atoms with Gasteiger partial charge in [0.2, 0.25) is 0 Å². The highest BCUT2D eigenvalue weighted by molar-refractivity contribution is 7.80. The number of benzene rings is 1. The van der Waals surface area contributed by atoms with Gasteiger partial charge in [-0.25, -0.2) is 0 Å². The fourth-order valence-corrected chi connectivity index (χ4v) is 4.44. The number of nitrogens with zero attached hydrogens (tertiary/aromatic N) is 2. The number of fused-ring (bicyclic) bond motifs is 1. The summed E-state index contributed by atoms with van der Waals surface area (Å²) in [6.07, 6.45) is 2.14. The van der Waals surface area contributed by atoms with E-state index >= 15 is 0 Å². The minimum absolute atomic E-state index is 0.135. The van der Waals surface area contributed by atoms with Crippen LogP contribution in [0.3, 0.4) is 0 Å². The van der Waals surface area contributed by atoms with E-state index in [9.17, 15) is 0 Å². The molecule has 0 saturated carbocycles.